The molecule has 0 spiro atoms. The number of ether oxygens (including phenoxy) is 3. The van der Waals surface area contributed by atoms with E-state index in [0.717, 1.165) is 0 Å². The number of aliphatic carboxylic acids is 1. The highest BCUT2D eigenvalue weighted by atomic mass is 35.5. The van der Waals surface area contributed by atoms with Crippen LogP contribution in [0.15, 0.2) is 48.6 Å². The van der Waals surface area contributed by atoms with Crippen LogP contribution in [0.5, 0.6) is 5.75 Å². The molecule has 3 N–H and O–H groups in total. The van der Waals surface area contributed by atoms with E-state index in [1.54, 1.807) is 30.3 Å². The van der Waals surface area contributed by atoms with Gasteiger partial charge in [-0.3, -0.25) is 4.79 Å². The number of benzene rings is 1. The van der Waals surface area contributed by atoms with Gasteiger partial charge >= 0.3 is 5.97 Å². The van der Waals surface area contributed by atoms with Crippen LogP contribution in [0.1, 0.15) is 32.1 Å². The second-order valence-corrected chi connectivity index (χ2v) is 8.66. The number of halogens is 1. The van der Waals surface area contributed by atoms with E-state index < -0.39 is 24.0 Å². The first-order chi connectivity index (χ1) is 15.4. The number of allylic oxidation sites excluding steroid dienone is 2. The van der Waals surface area contributed by atoms with Crippen LogP contribution in [0.25, 0.3) is 0 Å². The molecular formula is C24H31ClO7. The zero-order chi connectivity index (χ0) is 23.0. The minimum Gasteiger partial charge on any atom is -0.488 e. The maximum absolute atomic E-state index is 10.6. The van der Waals surface area contributed by atoms with Crippen LogP contribution < -0.4 is 4.74 Å². The molecule has 0 unspecified atom stereocenters. The molecule has 8 heteroatoms. The maximum atomic E-state index is 10.6. The van der Waals surface area contributed by atoms with Gasteiger partial charge in [-0.25, -0.2) is 0 Å². The van der Waals surface area contributed by atoms with Gasteiger partial charge in [0.2, 0.25) is 5.79 Å². The maximum Gasteiger partial charge on any atom is 0.303 e. The Labute approximate surface area is 193 Å². The first-order valence-electron chi connectivity index (χ1n) is 11.0. The van der Waals surface area contributed by atoms with Gasteiger partial charge in [-0.05, 0) is 49.5 Å². The highest BCUT2D eigenvalue weighted by Gasteiger charge is 2.41. The third-order valence-corrected chi connectivity index (χ3v) is 6.07. The van der Waals surface area contributed by atoms with E-state index in [1.165, 1.54) is 0 Å². The summed E-state index contributed by atoms with van der Waals surface area (Å²) in [6, 6.07) is 7.07. The van der Waals surface area contributed by atoms with E-state index in [0.29, 0.717) is 49.7 Å². The van der Waals surface area contributed by atoms with Crippen molar-refractivity contribution in [3.63, 3.8) is 0 Å². The fraction of sp³-hybridized carbons (Fsp3) is 0.542. The van der Waals surface area contributed by atoms with Crippen LogP contribution in [0, 0.1) is 11.8 Å². The Balaban J connectivity index is 1.61. The fourth-order valence-electron chi connectivity index (χ4n) is 4.15. The molecule has 1 aromatic rings. The lowest BCUT2D eigenvalue weighted by Gasteiger charge is -2.26. The smallest absolute Gasteiger partial charge is 0.303 e. The highest BCUT2D eigenvalue weighted by molar-refractivity contribution is 6.30. The minimum absolute atomic E-state index is 0.128. The molecule has 0 aromatic heterocycles. The Kier molecular flexibility index (Phi) is 9.13. The van der Waals surface area contributed by atoms with Crippen molar-refractivity contribution < 1.29 is 34.3 Å². The average molecular weight is 467 g/mol. The van der Waals surface area contributed by atoms with Crippen molar-refractivity contribution in [3.8, 4) is 5.75 Å². The van der Waals surface area contributed by atoms with Crippen molar-refractivity contribution >= 4 is 17.6 Å². The van der Waals surface area contributed by atoms with E-state index in [9.17, 15) is 15.0 Å². The van der Waals surface area contributed by atoms with E-state index in [2.05, 4.69) is 0 Å². The molecule has 1 aromatic carbocycles. The zero-order valence-electron chi connectivity index (χ0n) is 17.9. The van der Waals surface area contributed by atoms with Crippen molar-refractivity contribution in [2.24, 2.45) is 11.8 Å². The van der Waals surface area contributed by atoms with E-state index in [4.69, 9.17) is 30.9 Å². The predicted molar refractivity (Wildman–Crippen MR) is 120 cm³/mol. The number of unbranched alkanes of at least 4 members (excludes halogenated alkanes) is 1. The molecule has 32 heavy (non-hydrogen) atoms. The molecule has 1 saturated heterocycles. The lowest BCUT2D eigenvalue weighted by molar-refractivity contribution is -0.139. The third-order valence-electron chi connectivity index (χ3n) is 5.84. The molecule has 1 aliphatic heterocycles. The van der Waals surface area contributed by atoms with Gasteiger partial charge in [-0.15, -0.1) is 0 Å². The van der Waals surface area contributed by atoms with Crippen LogP contribution in [0.4, 0.5) is 0 Å². The molecule has 0 radical (unpaired) electrons. The first kappa shape index (κ1) is 24.7. The van der Waals surface area contributed by atoms with Gasteiger partial charge in [0, 0.05) is 23.8 Å². The number of hydrogen-bond donors (Lipinski definition) is 3. The molecule has 2 fully saturated rings. The number of aliphatic hydroxyl groups excluding tert-OH is 2. The molecule has 3 rings (SSSR count). The zero-order valence-corrected chi connectivity index (χ0v) is 18.7. The van der Waals surface area contributed by atoms with Gasteiger partial charge in [0.05, 0.1) is 25.4 Å². The molecule has 0 bridgehead atoms. The normalized spacial score (nSPS) is 27.5. The average Bonchev–Trinajstić information content (AvgIpc) is 3.32. The van der Waals surface area contributed by atoms with Crippen LogP contribution in [-0.2, 0) is 14.3 Å². The van der Waals surface area contributed by atoms with E-state index in [-0.39, 0.29) is 24.9 Å². The molecule has 1 heterocycles. The van der Waals surface area contributed by atoms with Crippen molar-refractivity contribution in [2.75, 3.05) is 19.8 Å². The second kappa shape index (κ2) is 11.8. The summed E-state index contributed by atoms with van der Waals surface area (Å²) in [5.74, 6) is -1.67. The van der Waals surface area contributed by atoms with Crippen molar-refractivity contribution in [1.29, 1.82) is 0 Å². The number of rotatable bonds is 11. The molecule has 176 valence electrons. The summed E-state index contributed by atoms with van der Waals surface area (Å²) < 4.78 is 17.5. The number of aliphatic hydroxyl groups is 2. The number of carbonyl (C=O) groups is 1. The van der Waals surface area contributed by atoms with E-state index >= 15 is 0 Å². The third kappa shape index (κ3) is 7.05. The summed E-state index contributed by atoms with van der Waals surface area (Å²) in [4.78, 5) is 10.6. The van der Waals surface area contributed by atoms with Gasteiger partial charge in [0.25, 0.3) is 0 Å². The van der Waals surface area contributed by atoms with Crippen molar-refractivity contribution in [1.82, 2.24) is 0 Å². The van der Waals surface area contributed by atoms with Crippen molar-refractivity contribution in [2.45, 2.75) is 50.1 Å². The Morgan fingerprint density at radius 3 is 2.72 bits per heavy atom. The predicted octanol–water partition coefficient (Wildman–Crippen LogP) is 3.58. The summed E-state index contributed by atoms with van der Waals surface area (Å²) in [6.45, 7) is 0.993. The Morgan fingerprint density at radius 2 is 2.00 bits per heavy atom. The molecule has 2 aliphatic rings. The molecule has 7 nitrogen and oxygen atoms in total. The van der Waals surface area contributed by atoms with Gasteiger partial charge < -0.3 is 29.5 Å². The Morgan fingerprint density at radius 1 is 1.22 bits per heavy atom. The van der Waals surface area contributed by atoms with Crippen molar-refractivity contribution in [3.05, 3.63) is 53.6 Å². The molecule has 1 aliphatic carbocycles. The Hall–Kier alpha value is -1.90. The largest absolute Gasteiger partial charge is 0.488 e. The van der Waals surface area contributed by atoms with Crippen LogP contribution in [0.2, 0.25) is 5.02 Å². The van der Waals surface area contributed by atoms with Gasteiger partial charge in [0.1, 0.15) is 12.4 Å². The van der Waals surface area contributed by atoms with Crippen LogP contribution in [0.3, 0.4) is 0 Å². The monoisotopic (exact) mass is 466 g/mol. The van der Waals surface area contributed by atoms with Gasteiger partial charge in [-0.1, -0.05) is 35.9 Å². The lowest BCUT2D eigenvalue weighted by Crippen LogP contribution is -2.35. The molecule has 0 amide bonds. The quantitative estimate of drug-likeness (QED) is 0.338. The number of carboxylic acid groups (broad SMARTS) is 1. The number of carboxylic acids is 1. The van der Waals surface area contributed by atoms with E-state index in [1.807, 2.05) is 18.2 Å². The summed E-state index contributed by atoms with van der Waals surface area (Å²) in [7, 11) is 0. The minimum atomic E-state index is -1.06. The summed E-state index contributed by atoms with van der Waals surface area (Å²) in [5, 5.41) is 30.2. The molecular weight excluding hydrogens is 436 g/mol. The lowest BCUT2D eigenvalue weighted by atomic mass is 9.89. The topological polar surface area (TPSA) is 105 Å². The standard InChI is InChI=1S/C24H31ClO7/c25-17-6-5-7-18(14-17)30-16-24(31-12-13-32-24)11-10-20-19(21(26)15-22(20)27)8-3-1-2-4-9-23(28)29/h1,3,5-7,10-11,14,19-22,26-27H,2,4,8-9,12-13,15-16H2,(H,28,29)/b3-1+,11-10+/t19-,20+,21-,22+/m0/s1. The molecule has 4 atom stereocenters. The van der Waals surface area contributed by atoms with Crippen LogP contribution in [-0.4, -0.2) is 59.1 Å². The Bertz CT molecular complexity index is 803. The van der Waals surface area contributed by atoms with Gasteiger partial charge in [-0.2, -0.15) is 0 Å². The summed E-state index contributed by atoms with van der Waals surface area (Å²) in [6.07, 6.45) is 8.52. The highest BCUT2D eigenvalue weighted by Crippen LogP contribution is 2.37. The second-order valence-electron chi connectivity index (χ2n) is 8.22. The number of hydrogen-bond acceptors (Lipinski definition) is 6. The SMILES string of the molecule is O=C(O)CCC/C=C/C[C@H]1[C@@H](/C=C/C2(COc3cccc(Cl)c3)OCCO2)[C@H](O)C[C@@H]1O. The van der Waals surface area contributed by atoms with Gasteiger partial charge in [0.15, 0.2) is 0 Å². The van der Waals surface area contributed by atoms with Crippen LogP contribution >= 0.6 is 11.6 Å². The first-order valence-corrected chi connectivity index (χ1v) is 11.3. The summed E-state index contributed by atoms with van der Waals surface area (Å²) in [5.41, 5.74) is 0. The fourth-order valence-corrected chi connectivity index (χ4v) is 4.33. The molecule has 1 saturated carbocycles. The summed E-state index contributed by atoms with van der Waals surface area (Å²) >= 11 is 6.01.